The summed E-state index contributed by atoms with van der Waals surface area (Å²) in [6, 6.07) is 6.73. The highest BCUT2D eigenvalue weighted by Gasteiger charge is 2.12. The van der Waals surface area contributed by atoms with E-state index in [1.54, 1.807) is 0 Å². The number of aromatic nitrogens is 1. The summed E-state index contributed by atoms with van der Waals surface area (Å²) in [5.41, 5.74) is -0.306. The number of carboxylic acids is 1. The van der Waals surface area contributed by atoms with Crippen LogP contribution in [-0.2, 0) is 0 Å². The van der Waals surface area contributed by atoms with E-state index in [1.807, 2.05) is 0 Å². The van der Waals surface area contributed by atoms with Gasteiger partial charge in [-0.1, -0.05) is 0 Å². The molecule has 0 spiro atoms. The zero-order chi connectivity index (χ0) is 14.7. The maximum atomic E-state index is 10.8. The summed E-state index contributed by atoms with van der Waals surface area (Å²) in [6.07, 6.45) is 1.28. The lowest BCUT2D eigenvalue weighted by atomic mass is 10.3. The summed E-state index contributed by atoms with van der Waals surface area (Å²) in [7, 11) is 0. The number of halogens is 1. The van der Waals surface area contributed by atoms with Gasteiger partial charge in [0.25, 0.3) is 5.69 Å². The van der Waals surface area contributed by atoms with Crippen LogP contribution in [0.15, 0.2) is 41.0 Å². The van der Waals surface area contributed by atoms with Gasteiger partial charge in [-0.05, 0) is 28.1 Å². The number of pyridine rings is 1. The molecule has 1 aromatic carbocycles. The molecule has 0 saturated heterocycles. The molecule has 0 saturated carbocycles. The summed E-state index contributed by atoms with van der Waals surface area (Å²) < 4.78 is 5.95. The Morgan fingerprint density at radius 2 is 2.10 bits per heavy atom. The van der Waals surface area contributed by atoms with Crippen LogP contribution in [0.3, 0.4) is 0 Å². The molecule has 102 valence electrons. The van der Waals surface area contributed by atoms with Crippen molar-refractivity contribution in [1.29, 1.82) is 0 Å². The predicted molar refractivity (Wildman–Crippen MR) is 72.1 cm³/mol. The van der Waals surface area contributed by atoms with Gasteiger partial charge in [0.15, 0.2) is 5.69 Å². The first-order valence-electron chi connectivity index (χ1n) is 5.28. The standard InChI is InChI=1S/C12H7BrN2O5/c13-9-2-1-7(15(18)19)5-11(9)20-8-3-4-14-10(6-8)12(16)17/h1-6H,(H,16,17). The third-order valence-electron chi connectivity index (χ3n) is 2.30. The van der Waals surface area contributed by atoms with Crippen molar-refractivity contribution in [2.75, 3.05) is 0 Å². The molecule has 0 fully saturated rings. The highest BCUT2D eigenvalue weighted by atomic mass is 79.9. The lowest BCUT2D eigenvalue weighted by Crippen LogP contribution is -2.00. The van der Waals surface area contributed by atoms with Crippen LogP contribution in [0.25, 0.3) is 0 Å². The summed E-state index contributed by atoms with van der Waals surface area (Å²) in [6.45, 7) is 0. The van der Waals surface area contributed by atoms with Gasteiger partial charge in [-0.25, -0.2) is 9.78 Å². The van der Waals surface area contributed by atoms with Crippen molar-refractivity contribution < 1.29 is 19.6 Å². The number of rotatable bonds is 4. The average Bonchev–Trinajstić information content (AvgIpc) is 2.41. The summed E-state index contributed by atoms with van der Waals surface area (Å²) in [4.78, 5) is 24.6. The van der Waals surface area contributed by atoms with E-state index in [9.17, 15) is 14.9 Å². The van der Waals surface area contributed by atoms with Gasteiger partial charge in [-0.15, -0.1) is 0 Å². The van der Waals surface area contributed by atoms with E-state index in [-0.39, 0.29) is 22.9 Å². The first-order valence-corrected chi connectivity index (χ1v) is 6.08. The maximum Gasteiger partial charge on any atom is 0.354 e. The minimum absolute atomic E-state index is 0.129. The number of nitrogens with zero attached hydrogens (tertiary/aromatic N) is 2. The Morgan fingerprint density at radius 3 is 2.75 bits per heavy atom. The van der Waals surface area contributed by atoms with Crippen LogP contribution < -0.4 is 4.74 Å². The molecule has 2 aromatic rings. The Bertz CT molecular complexity index is 689. The predicted octanol–water partition coefficient (Wildman–Crippen LogP) is 3.24. The van der Waals surface area contributed by atoms with Gasteiger partial charge in [0.05, 0.1) is 15.5 Å². The molecule has 0 amide bonds. The maximum absolute atomic E-state index is 10.8. The number of nitro benzene ring substituents is 1. The molecule has 1 N–H and O–H groups in total. The number of hydrogen-bond donors (Lipinski definition) is 1. The first-order chi connectivity index (χ1) is 9.47. The van der Waals surface area contributed by atoms with Crippen LogP contribution in [0.4, 0.5) is 5.69 Å². The van der Waals surface area contributed by atoms with Crippen molar-refractivity contribution in [3.63, 3.8) is 0 Å². The molecule has 7 nitrogen and oxygen atoms in total. The number of benzene rings is 1. The molecule has 0 unspecified atom stereocenters. The molecule has 0 radical (unpaired) electrons. The largest absolute Gasteiger partial charge is 0.477 e. The van der Waals surface area contributed by atoms with Crippen LogP contribution in [0, 0.1) is 10.1 Å². The number of nitro groups is 1. The monoisotopic (exact) mass is 338 g/mol. The third-order valence-corrected chi connectivity index (χ3v) is 2.96. The molecule has 20 heavy (non-hydrogen) atoms. The van der Waals surface area contributed by atoms with Crippen LogP contribution in [-0.4, -0.2) is 21.0 Å². The Labute approximate surface area is 121 Å². The minimum atomic E-state index is -1.19. The van der Waals surface area contributed by atoms with E-state index in [1.165, 1.54) is 36.5 Å². The molecule has 0 aliphatic heterocycles. The number of hydrogen-bond acceptors (Lipinski definition) is 5. The minimum Gasteiger partial charge on any atom is -0.477 e. The fraction of sp³-hybridized carbons (Fsp3) is 0. The molecule has 0 atom stereocenters. The van der Waals surface area contributed by atoms with Gasteiger partial charge in [0.2, 0.25) is 0 Å². The molecular weight excluding hydrogens is 332 g/mol. The van der Waals surface area contributed by atoms with E-state index in [4.69, 9.17) is 9.84 Å². The highest BCUT2D eigenvalue weighted by Crippen LogP contribution is 2.32. The van der Waals surface area contributed by atoms with E-state index < -0.39 is 10.9 Å². The molecule has 0 bridgehead atoms. The highest BCUT2D eigenvalue weighted by molar-refractivity contribution is 9.10. The Kier molecular flexibility index (Phi) is 3.94. The SMILES string of the molecule is O=C(O)c1cc(Oc2cc([N+](=O)[O-])ccc2Br)ccn1. The Balaban J connectivity index is 2.34. The number of carboxylic acid groups (broad SMARTS) is 1. The first kappa shape index (κ1) is 13.9. The van der Waals surface area contributed by atoms with E-state index >= 15 is 0 Å². The summed E-state index contributed by atoms with van der Waals surface area (Å²) in [5.74, 6) is -0.756. The number of carbonyl (C=O) groups is 1. The van der Waals surface area contributed by atoms with Gasteiger partial charge in [-0.3, -0.25) is 10.1 Å². The Hall–Kier alpha value is -2.48. The smallest absolute Gasteiger partial charge is 0.354 e. The second-order valence-electron chi connectivity index (χ2n) is 3.66. The molecule has 1 heterocycles. The lowest BCUT2D eigenvalue weighted by Gasteiger charge is -2.07. The molecule has 2 rings (SSSR count). The zero-order valence-corrected chi connectivity index (χ0v) is 11.4. The van der Waals surface area contributed by atoms with Gasteiger partial charge in [0.1, 0.15) is 11.5 Å². The Morgan fingerprint density at radius 1 is 1.35 bits per heavy atom. The van der Waals surface area contributed by atoms with Crippen LogP contribution in [0.2, 0.25) is 0 Å². The van der Waals surface area contributed by atoms with Crippen LogP contribution >= 0.6 is 15.9 Å². The normalized spacial score (nSPS) is 10.1. The van der Waals surface area contributed by atoms with Crippen molar-refractivity contribution in [2.45, 2.75) is 0 Å². The van der Waals surface area contributed by atoms with Crippen molar-refractivity contribution in [2.24, 2.45) is 0 Å². The zero-order valence-electron chi connectivity index (χ0n) is 9.82. The quantitative estimate of drug-likeness (QED) is 0.678. The van der Waals surface area contributed by atoms with Gasteiger partial charge in [0, 0.05) is 18.3 Å². The van der Waals surface area contributed by atoms with Crippen LogP contribution in [0.5, 0.6) is 11.5 Å². The molecule has 8 heteroatoms. The molecule has 1 aromatic heterocycles. The van der Waals surface area contributed by atoms with E-state index in [2.05, 4.69) is 20.9 Å². The van der Waals surface area contributed by atoms with Crippen molar-refractivity contribution in [1.82, 2.24) is 4.98 Å². The molecular formula is C12H7BrN2O5. The van der Waals surface area contributed by atoms with Crippen molar-refractivity contribution in [3.8, 4) is 11.5 Å². The second-order valence-corrected chi connectivity index (χ2v) is 4.51. The molecule has 0 aliphatic carbocycles. The number of non-ortho nitro benzene ring substituents is 1. The number of ether oxygens (including phenoxy) is 1. The van der Waals surface area contributed by atoms with Gasteiger partial charge >= 0.3 is 5.97 Å². The second kappa shape index (κ2) is 5.66. The van der Waals surface area contributed by atoms with Gasteiger partial charge < -0.3 is 9.84 Å². The topological polar surface area (TPSA) is 103 Å². The lowest BCUT2D eigenvalue weighted by molar-refractivity contribution is -0.384. The summed E-state index contributed by atoms with van der Waals surface area (Å²) >= 11 is 3.20. The van der Waals surface area contributed by atoms with Gasteiger partial charge in [-0.2, -0.15) is 0 Å². The fourth-order valence-corrected chi connectivity index (χ4v) is 1.73. The summed E-state index contributed by atoms with van der Waals surface area (Å²) in [5, 5.41) is 19.5. The van der Waals surface area contributed by atoms with Crippen LogP contribution in [0.1, 0.15) is 10.5 Å². The molecule has 0 aliphatic rings. The average molecular weight is 339 g/mol. The van der Waals surface area contributed by atoms with Crippen molar-refractivity contribution in [3.05, 3.63) is 56.8 Å². The van der Waals surface area contributed by atoms with E-state index in [0.717, 1.165) is 0 Å². The number of aromatic carboxylic acids is 1. The third kappa shape index (κ3) is 3.09. The fourth-order valence-electron chi connectivity index (χ4n) is 1.40. The van der Waals surface area contributed by atoms with E-state index in [0.29, 0.717) is 4.47 Å². The van der Waals surface area contributed by atoms with Crippen molar-refractivity contribution >= 4 is 27.6 Å².